The van der Waals surface area contributed by atoms with Crippen LogP contribution in [0.2, 0.25) is 0 Å². The first-order valence-electron chi connectivity index (χ1n) is 4.00. The lowest BCUT2D eigenvalue weighted by Crippen LogP contribution is -1.98. The van der Waals surface area contributed by atoms with Gasteiger partial charge in [0.15, 0.2) is 0 Å². The Bertz CT molecular complexity index is 229. The molecule has 1 aromatic heterocycles. The van der Waals surface area contributed by atoms with E-state index in [0.29, 0.717) is 6.54 Å². The summed E-state index contributed by atoms with van der Waals surface area (Å²) >= 11 is 0. The van der Waals surface area contributed by atoms with Crippen LogP contribution in [0, 0.1) is 0 Å². The minimum Gasteiger partial charge on any atom is -0.326 e. The smallest absolute Gasteiger partial charge is 0.0406 e. The lowest BCUT2D eigenvalue weighted by Gasteiger charge is -1.99. The molecule has 0 aliphatic heterocycles. The van der Waals surface area contributed by atoms with Gasteiger partial charge in [0, 0.05) is 18.4 Å². The third kappa shape index (κ3) is 5.09. The third-order valence-corrected chi connectivity index (χ3v) is 1.62. The number of halogens is 2. The van der Waals surface area contributed by atoms with Crippen LogP contribution < -0.4 is 5.73 Å². The molecule has 2 N–H and O–H groups in total. The van der Waals surface area contributed by atoms with E-state index in [9.17, 15) is 0 Å². The van der Waals surface area contributed by atoms with E-state index in [0.717, 1.165) is 18.5 Å². The molecular formula is C9H16Cl2N2. The highest BCUT2D eigenvalue weighted by Crippen LogP contribution is 2.02. The summed E-state index contributed by atoms with van der Waals surface area (Å²) in [6.45, 7) is 2.76. The third-order valence-electron chi connectivity index (χ3n) is 1.62. The quantitative estimate of drug-likeness (QED) is 0.854. The van der Waals surface area contributed by atoms with E-state index in [2.05, 4.69) is 18.0 Å². The molecule has 0 unspecified atom stereocenters. The van der Waals surface area contributed by atoms with Crippen molar-refractivity contribution in [3.05, 3.63) is 29.6 Å². The van der Waals surface area contributed by atoms with E-state index in [1.807, 2.05) is 12.3 Å². The monoisotopic (exact) mass is 222 g/mol. The Morgan fingerprint density at radius 3 is 2.62 bits per heavy atom. The molecule has 0 bridgehead atoms. The predicted molar refractivity (Wildman–Crippen MR) is 60.6 cm³/mol. The van der Waals surface area contributed by atoms with Crippen molar-refractivity contribution in [3.63, 3.8) is 0 Å². The fourth-order valence-corrected chi connectivity index (χ4v) is 1.05. The Balaban J connectivity index is 0. The summed E-state index contributed by atoms with van der Waals surface area (Å²) < 4.78 is 0. The van der Waals surface area contributed by atoms with E-state index in [1.54, 1.807) is 0 Å². The number of aromatic nitrogens is 1. The van der Waals surface area contributed by atoms with Crippen molar-refractivity contribution in [1.29, 1.82) is 0 Å². The highest BCUT2D eigenvalue weighted by molar-refractivity contribution is 5.85. The molecule has 0 aliphatic rings. The molecule has 0 aliphatic carbocycles. The van der Waals surface area contributed by atoms with E-state index in [4.69, 9.17) is 5.73 Å². The second-order valence-corrected chi connectivity index (χ2v) is 2.61. The highest BCUT2D eigenvalue weighted by Gasteiger charge is 1.93. The minimum absolute atomic E-state index is 0. The molecule has 0 saturated carbocycles. The van der Waals surface area contributed by atoms with Crippen molar-refractivity contribution in [1.82, 2.24) is 4.98 Å². The van der Waals surface area contributed by atoms with Gasteiger partial charge in [-0.3, -0.25) is 4.98 Å². The number of hydrogen-bond donors (Lipinski definition) is 1. The summed E-state index contributed by atoms with van der Waals surface area (Å²) in [4.78, 5) is 4.22. The van der Waals surface area contributed by atoms with Gasteiger partial charge in [-0.1, -0.05) is 13.3 Å². The molecule has 0 atom stereocenters. The van der Waals surface area contributed by atoms with E-state index < -0.39 is 0 Å². The van der Waals surface area contributed by atoms with Crippen LogP contribution in [-0.2, 0) is 13.0 Å². The van der Waals surface area contributed by atoms with Gasteiger partial charge in [-0.25, -0.2) is 0 Å². The zero-order valence-electron chi connectivity index (χ0n) is 7.69. The van der Waals surface area contributed by atoms with Crippen LogP contribution >= 0.6 is 24.8 Å². The van der Waals surface area contributed by atoms with Gasteiger partial charge in [0.2, 0.25) is 0 Å². The first-order chi connectivity index (χ1) is 5.36. The van der Waals surface area contributed by atoms with Crippen LogP contribution in [0.4, 0.5) is 0 Å². The average Bonchev–Trinajstić information content (AvgIpc) is 2.06. The fourth-order valence-electron chi connectivity index (χ4n) is 1.05. The van der Waals surface area contributed by atoms with Crippen LogP contribution in [-0.4, -0.2) is 4.98 Å². The number of aryl methyl sites for hydroxylation is 1. The van der Waals surface area contributed by atoms with Crippen LogP contribution in [0.5, 0.6) is 0 Å². The molecule has 1 heterocycles. The number of rotatable bonds is 3. The Kier molecular flexibility index (Phi) is 9.68. The van der Waals surface area contributed by atoms with Gasteiger partial charge < -0.3 is 5.73 Å². The van der Waals surface area contributed by atoms with Gasteiger partial charge in [0.05, 0.1) is 0 Å². The molecule has 0 fully saturated rings. The zero-order valence-corrected chi connectivity index (χ0v) is 9.33. The molecule has 0 radical (unpaired) electrons. The topological polar surface area (TPSA) is 38.9 Å². The van der Waals surface area contributed by atoms with Crippen LogP contribution in [0.1, 0.15) is 24.6 Å². The van der Waals surface area contributed by atoms with E-state index in [-0.39, 0.29) is 24.8 Å². The van der Waals surface area contributed by atoms with Crippen molar-refractivity contribution in [2.45, 2.75) is 26.3 Å². The van der Waals surface area contributed by atoms with Crippen molar-refractivity contribution in [3.8, 4) is 0 Å². The standard InChI is InChI=1S/C9H14N2.2ClH/c1-2-3-9-6-8(7-10)4-5-11-9;;/h4-6H,2-3,7,10H2,1H3;2*1H. The minimum atomic E-state index is 0. The maximum absolute atomic E-state index is 5.49. The molecule has 1 rings (SSSR count). The maximum Gasteiger partial charge on any atom is 0.0406 e. The molecule has 0 amide bonds. The molecule has 0 saturated heterocycles. The molecule has 13 heavy (non-hydrogen) atoms. The van der Waals surface area contributed by atoms with Crippen molar-refractivity contribution >= 4 is 24.8 Å². The first-order valence-corrected chi connectivity index (χ1v) is 4.00. The number of nitrogens with two attached hydrogens (primary N) is 1. The van der Waals surface area contributed by atoms with Gasteiger partial charge in [0.1, 0.15) is 0 Å². The summed E-state index contributed by atoms with van der Waals surface area (Å²) in [5.41, 5.74) is 7.81. The Morgan fingerprint density at radius 2 is 2.08 bits per heavy atom. The van der Waals surface area contributed by atoms with Crippen molar-refractivity contribution in [2.24, 2.45) is 5.73 Å². The molecule has 0 spiro atoms. The van der Waals surface area contributed by atoms with Gasteiger partial charge in [0.25, 0.3) is 0 Å². The van der Waals surface area contributed by atoms with Crippen LogP contribution in [0.3, 0.4) is 0 Å². The molecule has 0 aromatic carbocycles. The largest absolute Gasteiger partial charge is 0.326 e. The normalized spacial score (nSPS) is 8.46. The predicted octanol–water partition coefficient (Wildman–Crippen LogP) is 2.34. The summed E-state index contributed by atoms with van der Waals surface area (Å²) in [7, 11) is 0. The lowest BCUT2D eigenvalue weighted by atomic mass is 10.2. The number of pyridine rings is 1. The van der Waals surface area contributed by atoms with Crippen LogP contribution in [0.15, 0.2) is 18.3 Å². The zero-order chi connectivity index (χ0) is 8.10. The highest BCUT2D eigenvalue weighted by atomic mass is 35.5. The molecule has 2 nitrogen and oxygen atoms in total. The Labute approximate surface area is 91.8 Å². The van der Waals surface area contributed by atoms with Gasteiger partial charge >= 0.3 is 0 Å². The maximum atomic E-state index is 5.49. The SMILES string of the molecule is CCCc1cc(CN)ccn1.Cl.Cl. The van der Waals surface area contributed by atoms with E-state index in [1.165, 1.54) is 5.56 Å². The van der Waals surface area contributed by atoms with E-state index >= 15 is 0 Å². The molecule has 76 valence electrons. The number of hydrogen-bond acceptors (Lipinski definition) is 2. The molecular weight excluding hydrogens is 207 g/mol. The summed E-state index contributed by atoms with van der Waals surface area (Å²) in [5.74, 6) is 0. The van der Waals surface area contributed by atoms with Crippen molar-refractivity contribution < 1.29 is 0 Å². The van der Waals surface area contributed by atoms with Crippen LogP contribution in [0.25, 0.3) is 0 Å². The van der Waals surface area contributed by atoms with Gasteiger partial charge in [-0.2, -0.15) is 0 Å². The van der Waals surface area contributed by atoms with Gasteiger partial charge in [-0.05, 0) is 24.1 Å². The average molecular weight is 223 g/mol. The molecule has 4 heteroatoms. The Hall–Kier alpha value is -0.310. The second-order valence-electron chi connectivity index (χ2n) is 2.61. The molecule has 1 aromatic rings. The number of nitrogens with zero attached hydrogens (tertiary/aromatic N) is 1. The summed E-state index contributed by atoms with van der Waals surface area (Å²) in [6.07, 6.45) is 4.02. The second kappa shape index (κ2) is 8.30. The summed E-state index contributed by atoms with van der Waals surface area (Å²) in [5, 5.41) is 0. The summed E-state index contributed by atoms with van der Waals surface area (Å²) in [6, 6.07) is 4.03. The van der Waals surface area contributed by atoms with Gasteiger partial charge in [-0.15, -0.1) is 24.8 Å². The Morgan fingerprint density at radius 1 is 1.38 bits per heavy atom. The van der Waals surface area contributed by atoms with Crippen molar-refractivity contribution in [2.75, 3.05) is 0 Å². The first kappa shape index (κ1) is 15.2. The fraction of sp³-hybridized carbons (Fsp3) is 0.444. The lowest BCUT2D eigenvalue weighted by molar-refractivity contribution is 0.874.